The normalized spacial score (nSPS) is 10.4. The first-order valence-electron chi connectivity index (χ1n) is 8.54. The van der Waals surface area contributed by atoms with Gasteiger partial charge in [-0.05, 0) is 49.4 Å². The molecule has 6 heteroatoms. The molecule has 1 aromatic carbocycles. The molecular formula is C21H20N2O3S. The molecule has 0 aliphatic carbocycles. The van der Waals surface area contributed by atoms with Gasteiger partial charge in [0.15, 0.2) is 5.78 Å². The largest absolute Gasteiger partial charge is 0.497 e. The van der Waals surface area contributed by atoms with Crippen LogP contribution in [0.2, 0.25) is 0 Å². The fraction of sp³-hybridized carbons (Fsp3) is 0.190. The molecule has 0 spiro atoms. The minimum Gasteiger partial charge on any atom is -0.497 e. The quantitative estimate of drug-likeness (QED) is 0.575. The Morgan fingerprint density at radius 3 is 2.52 bits per heavy atom. The highest BCUT2D eigenvalue weighted by Crippen LogP contribution is 2.24. The van der Waals surface area contributed by atoms with Crippen LogP contribution in [0.25, 0.3) is 0 Å². The summed E-state index contributed by atoms with van der Waals surface area (Å²) < 4.78 is 5.20. The third kappa shape index (κ3) is 4.60. The molecule has 0 radical (unpaired) electrons. The van der Waals surface area contributed by atoms with Gasteiger partial charge in [-0.1, -0.05) is 6.07 Å². The Morgan fingerprint density at radius 1 is 1.15 bits per heavy atom. The zero-order chi connectivity index (χ0) is 19.2. The maximum Gasteiger partial charge on any atom is 0.259 e. The van der Waals surface area contributed by atoms with E-state index in [2.05, 4.69) is 4.98 Å². The van der Waals surface area contributed by atoms with Crippen molar-refractivity contribution < 1.29 is 14.3 Å². The van der Waals surface area contributed by atoms with Crippen LogP contribution >= 0.6 is 11.3 Å². The number of amides is 1. The number of pyridine rings is 1. The molecule has 0 bridgehead atoms. The topological polar surface area (TPSA) is 59.5 Å². The third-order valence-corrected chi connectivity index (χ3v) is 5.17. The Labute approximate surface area is 162 Å². The number of aromatic nitrogens is 1. The second kappa shape index (κ2) is 8.60. The van der Waals surface area contributed by atoms with Crippen molar-refractivity contribution in [3.63, 3.8) is 0 Å². The average molecular weight is 380 g/mol. The first-order valence-corrected chi connectivity index (χ1v) is 9.41. The highest BCUT2D eigenvalue weighted by molar-refractivity contribution is 7.12. The number of carbonyl (C=O) groups is 2. The van der Waals surface area contributed by atoms with Crippen LogP contribution in [0, 0.1) is 0 Å². The van der Waals surface area contributed by atoms with Gasteiger partial charge in [0.2, 0.25) is 0 Å². The number of rotatable bonds is 7. The molecule has 0 saturated heterocycles. The van der Waals surface area contributed by atoms with Crippen molar-refractivity contribution in [1.29, 1.82) is 0 Å². The predicted octanol–water partition coefficient (Wildman–Crippen LogP) is 4.24. The lowest BCUT2D eigenvalue weighted by Crippen LogP contribution is -2.32. The molecule has 0 aliphatic rings. The van der Waals surface area contributed by atoms with Gasteiger partial charge in [-0.25, -0.2) is 0 Å². The SMILES string of the molecule is COc1ccc(N(CCc2ccccn2)C(=O)c2csc(C(C)=O)c2)cc1. The lowest BCUT2D eigenvalue weighted by molar-refractivity contribution is 0.0987. The molecule has 0 atom stereocenters. The van der Waals surface area contributed by atoms with Crippen molar-refractivity contribution >= 4 is 28.7 Å². The van der Waals surface area contributed by atoms with E-state index in [1.54, 1.807) is 29.7 Å². The Balaban J connectivity index is 1.87. The van der Waals surface area contributed by atoms with Crippen LogP contribution in [0.3, 0.4) is 0 Å². The van der Waals surface area contributed by atoms with Crippen LogP contribution < -0.4 is 9.64 Å². The summed E-state index contributed by atoms with van der Waals surface area (Å²) in [7, 11) is 1.60. The van der Waals surface area contributed by atoms with Crippen molar-refractivity contribution in [3.8, 4) is 5.75 Å². The fourth-order valence-corrected chi connectivity index (χ4v) is 3.46. The number of hydrogen-bond donors (Lipinski definition) is 0. The second-order valence-electron chi connectivity index (χ2n) is 5.98. The van der Waals surface area contributed by atoms with E-state index in [1.165, 1.54) is 18.3 Å². The van der Waals surface area contributed by atoms with Gasteiger partial charge in [0.25, 0.3) is 5.91 Å². The van der Waals surface area contributed by atoms with Crippen molar-refractivity contribution in [2.75, 3.05) is 18.6 Å². The monoisotopic (exact) mass is 380 g/mol. The molecule has 0 fully saturated rings. The molecule has 3 rings (SSSR count). The van der Waals surface area contributed by atoms with Crippen molar-refractivity contribution in [1.82, 2.24) is 4.98 Å². The molecule has 3 aromatic rings. The van der Waals surface area contributed by atoms with E-state index in [4.69, 9.17) is 4.74 Å². The van der Waals surface area contributed by atoms with E-state index in [-0.39, 0.29) is 11.7 Å². The zero-order valence-electron chi connectivity index (χ0n) is 15.2. The summed E-state index contributed by atoms with van der Waals surface area (Å²) in [6, 6.07) is 14.8. The number of nitrogens with zero attached hydrogens (tertiary/aromatic N) is 2. The molecule has 0 aliphatic heterocycles. The Hall–Kier alpha value is -2.99. The van der Waals surface area contributed by atoms with E-state index in [1.807, 2.05) is 42.5 Å². The number of thiophene rings is 1. The Morgan fingerprint density at radius 2 is 1.93 bits per heavy atom. The van der Waals surface area contributed by atoms with Gasteiger partial charge in [0, 0.05) is 35.9 Å². The molecule has 1 amide bonds. The molecule has 27 heavy (non-hydrogen) atoms. The number of Topliss-reactive ketones (excluding diaryl/α,β-unsaturated/α-hetero) is 1. The van der Waals surface area contributed by atoms with E-state index < -0.39 is 0 Å². The van der Waals surface area contributed by atoms with E-state index in [0.29, 0.717) is 23.4 Å². The van der Waals surface area contributed by atoms with Crippen LogP contribution in [0.15, 0.2) is 60.1 Å². The fourth-order valence-electron chi connectivity index (χ4n) is 2.67. The number of anilines is 1. The molecule has 138 valence electrons. The molecule has 0 saturated carbocycles. The summed E-state index contributed by atoms with van der Waals surface area (Å²) in [4.78, 5) is 31.3. The van der Waals surface area contributed by atoms with Crippen molar-refractivity contribution in [2.45, 2.75) is 13.3 Å². The number of benzene rings is 1. The highest BCUT2D eigenvalue weighted by atomic mass is 32.1. The second-order valence-corrected chi connectivity index (χ2v) is 6.89. The minimum atomic E-state index is -0.139. The number of hydrogen-bond acceptors (Lipinski definition) is 5. The van der Waals surface area contributed by atoms with Crippen LogP contribution in [0.5, 0.6) is 5.75 Å². The zero-order valence-corrected chi connectivity index (χ0v) is 16.0. The molecule has 5 nitrogen and oxygen atoms in total. The summed E-state index contributed by atoms with van der Waals surface area (Å²) in [5.41, 5.74) is 2.20. The van der Waals surface area contributed by atoms with Crippen LogP contribution in [0.1, 0.15) is 32.6 Å². The molecule has 2 heterocycles. The van der Waals surface area contributed by atoms with Crippen molar-refractivity contribution in [2.24, 2.45) is 0 Å². The van der Waals surface area contributed by atoms with Gasteiger partial charge in [0.05, 0.1) is 17.6 Å². The molecule has 0 unspecified atom stereocenters. The van der Waals surface area contributed by atoms with Gasteiger partial charge in [0.1, 0.15) is 5.75 Å². The minimum absolute atomic E-state index is 0.0384. The maximum atomic E-state index is 13.1. The summed E-state index contributed by atoms with van der Waals surface area (Å²) >= 11 is 1.29. The van der Waals surface area contributed by atoms with Gasteiger partial charge in [-0.15, -0.1) is 11.3 Å². The third-order valence-electron chi connectivity index (χ3n) is 4.14. The lowest BCUT2D eigenvalue weighted by Gasteiger charge is -2.22. The Kier molecular flexibility index (Phi) is 5.98. The van der Waals surface area contributed by atoms with Gasteiger partial charge in [-0.3, -0.25) is 14.6 Å². The number of methoxy groups -OCH3 is 1. The van der Waals surface area contributed by atoms with Gasteiger partial charge >= 0.3 is 0 Å². The van der Waals surface area contributed by atoms with Crippen LogP contribution in [-0.4, -0.2) is 30.3 Å². The average Bonchev–Trinajstić information content (AvgIpc) is 3.20. The summed E-state index contributed by atoms with van der Waals surface area (Å²) in [6.45, 7) is 1.98. The first-order chi connectivity index (χ1) is 13.1. The van der Waals surface area contributed by atoms with Gasteiger partial charge < -0.3 is 9.64 Å². The van der Waals surface area contributed by atoms with Gasteiger partial charge in [-0.2, -0.15) is 0 Å². The number of ether oxygens (including phenoxy) is 1. The number of ketones is 1. The maximum absolute atomic E-state index is 13.1. The molecular weight excluding hydrogens is 360 g/mol. The number of carbonyl (C=O) groups excluding carboxylic acids is 2. The summed E-state index contributed by atoms with van der Waals surface area (Å²) in [6.07, 6.45) is 2.37. The summed E-state index contributed by atoms with van der Waals surface area (Å²) in [5, 5.41) is 1.73. The first kappa shape index (κ1) is 18.8. The molecule has 2 aromatic heterocycles. The lowest BCUT2D eigenvalue weighted by atomic mass is 10.2. The highest BCUT2D eigenvalue weighted by Gasteiger charge is 2.20. The smallest absolute Gasteiger partial charge is 0.259 e. The molecule has 0 N–H and O–H groups in total. The summed E-state index contributed by atoms with van der Waals surface area (Å²) in [5.74, 6) is 0.550. The van der Waals surface area contributed by atoms with Crippen molar-refractivity contribution in [3.05, 3.63) is 76.2 Å². The van der Waals surface area contributed by atoms with Crippen LogP contribution in [-0.2, 0) is 6.42 Å². The van der Waals surface area contributed by atoms with E-state index in [0.717, 1.165) is 17.1 Å². The van der Waals surface area contributed by atoms with E-state index >= 15 is 0 Å². The Bertz CT molecular complexity index is 920. The predicted molar refractivity (Wildman–Crippen MR) is 107 cm³/mol. The van der Waals surface area contributed by atoms with E-state index in [9.17, 15) is 9.59 Å². The standard InChI is InChI=1S/C21H20N2O3S/c1-15(24)20-13-16(14-27-20)21(25)23(12-10-17-5-3-4-11-22-17)18-6-8-19(26-2)9-7-18/h3-9,11,13-14H,10,12H2,1-2H3. The van der Waals surface area contributed by atoms with Crippen LogP contribution in [0.4, 0.5) is 5.69 Å².